The second kappa shape index (κ2) is 6.14. The minimum atomic E-state index is -3.64. The lowest BCUT2D eigenvalue weighted by molar-refractivity contribution is -0.135. The van der Waals surface area contributed by atoms with Crippen LogP contribution in [0.3, 0.4) is 0 Å². The molecule has 0 aliphatic carbocycles. The van der Waals surface area contributed by atoms with Crippen LogP contribution in [0, 0.1) is 0 Å². The average Bonchev–Trinajstić information content (AvgIpc) is 2.39. The number of nitrogens with zero attached hydrogens (tertiary/aromatic N) is 2. The summed E-state index contributed by atoms with van der Waals surface area (Å²) in [5.41, 5.74) is 0. The molecule has 1 unspecified atom stereocenters. The monoisotopic (exact) mass is 292 g/mol. The molecule has 2 aliphatic heterocycles. The molecule has 0 radical (unpaired) electrons. The van der Waals surface area contributed by atoms with Crippen LogP contribution in [-0.2, 0) is 19.7 Å². The van der Waals surface area contributed by atoms with Gasteiger partial charge in [0.05, 0.1) is 19.1 Å². The number of amides is 1. The minimum Gasteiger partial charge on any atom is -0.375 e. The van der Waals surface area contributed by atoms with Crippen molar-refractivity contribution in [2.45, 2.75) is 12.5 Å². The van der Waals surface area contributed by atoms with Crippen molar-refractivity contribution in [1.29, 1.82) is 0 Å². The van der Waals surface area contributed by atoms with Crippen LogP contribution < -0.4 is 10.5 Å². The summed E-state index contributed by atoms with van der Waals surface area (Å²) in [4.78, 5) is 13.7. The first-order valence-corrected chi connectivity index (χ1v) is 7.85. The largest absolute Gasteiger partial charge is 0.375 e. The Kier molecular flexibility index (Phi) is 4.74. The molecule has 110 valence electrons. The highest BCUT2D eigenvalue weighted by atomic mass is 32.2. The molecule has 8 nitrogen and oxygen atoms in total. The highest BCUT2D eigenvalue weighted by Gasteiger charge is 2.28. The van der Waals surface area contributed by atoms with Gasteiger partial charge in [0, 0.05) is 39.3 Å². The standard InChI is InChI=1S/C10H20N4O4S/c11-19(16,17)14-4-2-13(3-5-14)10(15)7-9-8-12-1-6-18-9/h9,12H,1-8H2,(H2,11,16,17). The Balaban J connectivity index is 1.79. The first-order valence-electron chi connectivity index (χ1n) is 6.35. The van der Waals surface area contributed by atoms with Gasteiger partial charge in [-0.1, -0.05) is 0 Å². The lowest BCUT2D eigenvalue weighted by Crippen LogP contribution is -2.53. The molecule has 0 aromatic heterocycles. The van der Waals surface area contributed by atoms with Crippen molar-refractivity contribution in [1.82, 2.24) is 14.5 Å². The fraction of sp³-hybridized carbons (Fsp3) is 0.900. The maximum atomic E-state index is 12.0. The third kappa shape index (κ3) is 4.11. The summed E-state index contributed by atoms with van der Waals surface area (Å²) in [6, 6.07) is 0. The molecule has 2 aliphatic rings. The van der Waals surface area contributed by atoms with Crippen molar-refractivity contribution < 1.29 is 17.9 Å². The molecule has 3 N–H and O–H groups in total. The molecule has 1 atom stereocenters. The zero-order chi connectivity index (χ0) is 13.9. The van der Waals surface area contributed by atoms with E-state index in [2.05, 4.69) is 5.32 Å². The fourth-order valence-electron chi connectivity index (χ4n) is 2.27. The van der Waals surface area contributed by atoms with Crippen LogP contribution in [0.15, 0.2) is 0 Å². The van der Waals surface area contributed by atoms with Gasteiger partial charge in [0.25, 0.3) is 10.2 Å². The maximum absolute atomic E-state index is 12.0. The third-order valence-electron chi connectivity index (χ3n) is 3.36. The molecule has 2 heterocycles. The van der Waals surface area contributed by atoms with E-state index in [4.69, 9.17) is 9.88 Å². The zero-order valence-electron chi connectivity index (χ0n) is 10.7. The zero-order valence-corrected chi connectivity index (χ0v) is 11.6. The summed E-state index contributed by atoms with van der Waals surface area (Å²) in [6.07, 6.45) is 0.250. The average molecular weight is 292 g/mol. The molecule has 2 rings (SSSR count). The Bertz CT molecular complexity index is 413. The van der Waals surface area contributed by atoms with E-state index in [0.29, 0.717) is 32.7 Å². The van der Waals surface area contributed by atoms with Crippen LogP contribution in [0.4, 0.5) is 0 Å². The van der Waals surface area contributed by atoms with E-state index < -0.39 is 10.2 Å². The molecule has 2 fully saturated rings. The van der Waals surface area contributed by atoms with Gasteiger partial charge < -0.3 is 15.0 Å². The molecule has 9 heteroatoms. The van der Waals surface area contributed by atoms with Gasteiger partial charge in [-0.05, 0) is 0 Å². The van der Waals surface area contributed by atoms with E-state index in [0.717, 1.165) is 6.54 Å². The van der Waals surface area contributed by atoms with Gasteiger partial charge in [-0.25, -0.2) is 5.14 Å². The van der Waals surface area contributed by atoms with Crippen LogP contribution >= 0.6 is 0 Å². The number of carbonyl (C=O) groups excluding carboxylic acids is 1. The molecule has 1 amide bonds. The second-order valence-electron chi connectivity index (χ2n) is 4.73. The summed E-state index contributed by atoms with van der Waals surface area (Å²) in [7, 11) is -3.64. The van der Waals surface area contributed by atoms with E-state index in [-0.39, 0.29) is 25.1 Å². The lowest BCUT2D eigenvalue weighted by Gasteiger charge is -2.34. The van der Waals surface area contributed by atoms with Gasteiger partial charge in [0.15, 0.2) is 0 Å². The Labute approximate surface area is 113 Å². The Hall–Kier alpha value is -0.740. The van der Waals surface area contributed by atoms with Crippen molar-refractivity contribution in [2.75, 3.05) is 45.9 Å². The number of piperazine rings is 1. The highest BCUT2D eigenvalue weighted by molar-refractivity contribution is 7.86. The fourth-order valence-corrected chi connectivity index (χ4v) is 2.94. The quantitative estimate of drug-likeness (QED) is 0.609. The van der Waals surface area contributed by atoms with Crippen molar-refractivity contribution in [2.24, 2.45) is 5.14 Å². The van der Waals surface area contributed by atoms with E-state index in [1.54, 1.807) is 4.90 Å². The van der Waals surface area contributed by atoms with Crippen LogP contribution in [0.5, 0.6) is 0 Å². The summed E-state index contributed by atoms with van der Waals surface area (Å²) >= 11 is 0. The highest BCUT2D eigenvalue weighted by Crippen LogP contribution is 2.09. The molecule has 0 saturated carbocycles. The van der Waals surface area contributed by atoms with Crippen molar-refractivity contribution in [3.05, 3.63) is 0 Å². The number of rotatable bonds is 3. The number of ether oxygens (including phenoxy) is 1. The number of hydrogen-bond acceptors (Lipinski definition) is 5. The van der Waals surface area contributed by atoms with Crippen LogP contribution in [0.2, 0.25) is 0 Å². The molecular formula is C10H20N4O4S. The predicted octanol–water partition coefficient (Wildman–Crippen LogP) is -2.29. The maximum Gasteiger partial charge on any atom is 0.277 e. The Morgan fingerprint density at radius 3 is 2.53 bits per heavy atom. The van der Waals surface area contributed by atoms with E-state index in [1.165, 1.54) is 4.31 Å². The number of hydrogen-bond donors (Lipinski definition) is 2. The van der Waals surface area contributed by atoms with E-state index >= 15 is 0 Å². The molecule has 0 bridgehead atoms. The third-order valence-corrected chi connectivity index (χ3v) is 4.44. The van der Waals surface area contributed by atoms with E-state index in [9.17, 15) is 13.2 Å². The van der Waals surface area contributed by atoms with Gasteiger partial charge in [-0.3, -0.25) is 4.79 Å². The molecular weight excluding hydrogens is 272 g/mol. The molecule has 0 spiro atoms. The van der Waals surface area contributed by atoms with Gasteiger partial charge >= 0.3 is 0 Å². The summed E-state index contributed by atoms with van der Waals surface area (Å²) in [5.74, 6) is 0.00256. The second-order valence-corrected chi connectivity index (χ2v) is 6.27. The van der Waals surface area contributed by atoms with Crippen LogP contribution in [0.25, 0.3) is 0 Å². The van der Waals surface area contributed by atoms with Gasteiger partial charge in [-0.2, -0.15) is 12.7 Å². The van der Waals surface area contributed by atoms with Gasteiger partial charge in [-0.15, -0.1) is 0 Å². The number of nitrogens with two attached hydrogens (primary N) is 1. The van der Waals surface area contributed by atoms with Crippen molar-refractivity contribution >= 4 is 16.1 Å². The first-order chi connectivity index (χ1) is 8.97. The topological polar surface area (TPSA) is 105 Å². The Morgan fingerprint density at radius 1 is 1.32 bits per heavy atom. The molecule has 0 aromatic carbocycles. The van der Waals surface area contributed by atoms with Gasteiger partial charge in [0.2, 0.25) is 5.91 Å². The summed E-state index contributed by atoms with van der Waals surface area (Å²) in [6.45, 7) is 3.41. The number of nitrogens with one attached hydrogen (secondary N) is 1. The number of carbonyl (C=O) groups is 1. The minimum absolute atomic E-state index is 0.00256. The summed E-state index contributed by atoms with van der Waals surface area (Å²) < 4.78 is 29.0. The van der Waals surface area contributed by atoms with Crippen LogP contribution in [0.1, 0.15) is 6.42 Å². The smallest absolute Gasteiger partial charge is 0.277 e. The molecule has 19 heavy (non-hydrogen) atoms. The first kappa shape index (κ1) is 14.7. The Morgan fingerprint density at radius 2 is 2.00 bits per heavy atom. The number of morpholine rings is 1. The summed E-state index contributed by atoms with van der Waals surface area (Å²) in [5, 5.41) is 8.22. The van der Waals surface area contributed by atoms with Gasteiger partial charge in [0.1, 0.15) is 0 Å². The van der Waals surface area contributed by atoms with Crippen molar-refractivity contribution in [3.63, 3.8) is 0 Å². The normalized spacial score (nSPS) is 26.4. The van der Waals surface area contributed by atoms with E-state index in [1.807, 2.05) is 0 Å². The SMILES string of the molecule is NS(=O)(=O)N1CCN(C(=O)CC2CNCCO2)CC1. The molecule has 2 saturated heterocycles. The lowest BCUT2D eigenvalue weighted by atomic mass is 10.2. The van der Waals surface area contributed by atoms with Crippen LogP contribution in [-0.4, -0.2) is 75.5 Å². The van der Waals surface area contributed by atoms with Crippen molar-refractivity contribution in [3.8, 4) is 0 Å². The predicted molar refractivity (Wildman–Crippen MR) is 68.5 cm³/mol. The molecule has 0 aromatic rings.